The number of thiophene rings is 1. The van der Waals surface area contributed by atoms with Crippen molar-refractivity contribution >= 4 is 40.2 Å². The van der Waals surface area contributed by atoms with Crippen molar-refractivity contribution in [1.82, 2.24) is 5.43 Å². The number of carbonyl (C=O) groups excluding carboxylic acids is 1. The van der Waals surface area contributed by atoms with E-state index in [1.807, 2.05) is 44.2 Å². The van der Waals surface area contributed by atoms with Crippen LogP contribution in [0.2, 0.25) is 4.34 Å². The Balaban J connectivity index is 1.83. The molecule has 0 aliphatic rings. The summed E-state index contributed by atoms with van der Waals surface area (Å²) in [6.07, 6.45) is 0. The first-order valence-corrected chi connectivity index (χ1v) is 7.63. The first-order chi connectivity index (χ1) is 10.0. The van der Waals surface area contributed by atoms with Crippen LogP contribution in [0.4, 0.5) is 5.69 Å². The summed E-state index contributed by atoms with van der Waals surface area (Å²) < 4.78 is 0.701. The average Bonchev–Trinajstić information content (AvgIpc) is 2.91. The molecule has 0 fully saturated rings. The van der Waals surface area contributed by atoms with Gasteiger partial charge in [-0.3, -0.25) is 4.79 Å². The maximum atomic E-state index is 11.7. The molecular weight excluding hydrogens is 306 g/mol. The van der Waals surface area contributed by atoms with Crippen LogP contribution >= 0.6 is 22.9 Å². The molecular formula is C15H16ClN3OS. The highest BCUT2D eigenvalue weighted by Crippen LogP contribution is 2.21. The zero-order valence-electron chi connectivity index (χ0n) is 11.8. The van der Waals surface area contributed by atoms with Crippen molar-refractivity contribution in [3.8, 4) is 0 Å². The number of hydrogen-bond acceptors (Lipinski definition) is 4. The Kier molecular flexibility index (Phi) is 5.36. The summed E-state index contributed by atoms with van der Waals surface area (Å²) in [4.78, 5) is 12.7. The number of aryl methyl sites for hydroxylation is 1. The summed E-state index contributed by atoms with van der Waals surface area (Å²) in [7, 11) is 0. The second kappa shape index (κ2) is 7.24. The Morgan fingerprint density at radius 3 is 2.57 bits per heavy atom. The fraction of sp³-hybridized carbons (Fsp3) is 0.200. The first kappa shape index (κ1) is 15.5. The predicted molar refractivity (Wildman–Crippen MR) is 89.4 cm³/mol. The number of hydrazone groups is 1. The lowest BCUT2D eigenvalue weighted by molar-refractivity contribution is -0.119. The van der Waals surface area contributed by atoms with Crippen molar-refractivity contribution in [1.29, 1.82) is 0 Å². The minimum Gasteiger partial charge on any atom is -0.376 e. The molecule has 6 heteroatoms. The molecule has 1 amide bonds. The van der Waals surface area contributed by atoms with Crippen molar-refractivity contribution in [3.63, 3.8) is 0 Å². The van der Waals surface area contributed by atoms with Gasteiger partial charge in [0.2, 0.25) is 0 Å². The van der Waals surface area contributed by atoms with Gasteiger partial charge in [-0.05, 0) is 38.1 Å². The van der Waals surface area contributed by atoms with Crippen LogP contribution in [0.1, 0.15) is 17.4 Å². The molecule has 0 bridgehead atoms. The minimum absolute atomic E-state index is 0.172. The fourth-order valence-corrected chi connectivity index (χ4v) is 2.59. The van der Waals surface area contributed by atoms with Crippen LogP contribution in [0, 0.1) is 6.92 Å². The zero-order chi connectivity index (χ0) is 15.2. The van der Waals surface area contributed by atoms with Crippen LogP contribution in [-0.4, -0.2) is 18.2 Å². The van der Waals surface area contributed by atoms with Crippen molar-refractivity contribution in [2.75, 3.05) is 11.9 Å². The lowest BCUT2D eigenvalue weighted by Crippen LogP contribution is -2.26. The number of nitrogens with one attached hydrogen (secondary N) is 2. The molecule has 0 aliphatic heterocycles. The number of nitrogens with zero attached hydrogens (tertiary/aromatic N) is 1. The van der Waals surface area contributed by atoms with Crippen LogP contribution in [0.15, 0.2) is 41.5 Å². The van der Waals surface area contributed by atoms with E-state index in [0.29, 0.717) is 4.34 Å². The molecule has 2 N–H and O–H groups in total. The molecule has 4 nitrogen and oxygen atoms in total. The van der Waals surface area contributed by atoms with E-state index in [1.54, 1.807) is 6.07 Å². The monoisotopic (exact) mass is 321 g/mol. The third-order valence-electron chi connectivity index (χ3n) is 2.78. The summed E-state index contributed by atoms with van der Waals surface area (Å²) in [5.41, 5.74) is 5.34. The summed E-state index contributed by atoms with van der Waals surface area (Å²) >= 11 is 7.29. The number of amides is 1. The molecule has 1 aromatic heterocycles. The van der Waals surface area contributed by atoms with Gasteiger partial charge in [-0.1, -0.05) is 29.3 Å². The van der Waals surface area contributed by atoms with E-state index in [2.05, 4.69) is 15.8 Å². The highest BCUT2D eigenvalue weighted by molar-refractivity contribution is 7.18. The zero-order valence-corrected chi connectivity index (χ0v) is 13.4. The molecule has 2 aromatic rings. The van der Waals surface area contributed by atoms with Gasteiger partial charge in [0.25, 0.3) is 5.91 Å². The molecule has 0 atom stereocenters. The summed E-state index contributed by atoms with van der Waals surface area (Å²) in [6.45, 7) is 4.02. The third-order valence-corrected chi connectivity index (χ3v) is 4.12. The van der Waals surface area contributed by atoms with Crippen LogP contribution < -0.4 is 10.7 Å². The molecule has 21 heavy (non-hydrogen) atoms. The highest BCUT2D eigenvalue weighted by Gasteiger charge is 2.03. The summed E-state index contributed by atoms with van der Waals surface area (Å²) in [6, 6.07) is 11.5. The van der Waals surface area contributed by atoms with Crippen LogP contribution in [0.25, 0.3) is 0 Å². The molecule has 0 aliphatic carbocycles. The Labute approximate surface area is 132 Å². The van der Waals surface area contributed by atoms with Crippen LogP contribution in [0.5, 0.6) is 0 Å². The molecule has 0 saturated heterocycles. The van der Waals surface area contributed by atoms with Crippen molar-refractivity contribution < 1.29 is 4.79 Å². The summed E-state index contributed by atoms with van der Waals surface area (Å²) in [5, 5.41) is 7.10. The molecule has 0 spiro atoms. The first-order valence-electron chi connectivity index (χ1n) is 6.44. The topological polar surface area (TPSA) is 53.5 Å². The van der Waals surface area contributed by atoms with Gasteiger partial charge in [-0.25, -0.2) is 5.43 Å². The number of halogens is 1. The SMILES string of the molecule is C/C(=N/NC(=O)CNc1ccc(C)cc1)c1ccc(Cl)s1. The van der Waals surface area contributed by atoms with Gasteiger partial charge in [0, 0.05) is 5.69 Å². The van der Waals surface area contributed by atoms with E-state index in [0.717, 1.165) is 16.3 Å². The largest absolute Gasteiger partial charge is 0.376 e. The number of hydrogen-bond donors (Lipinski definition) is 2. The third kappa shape index (κ3) is 4.88. The van der Waals surface area contributed by atoms with Gasteiger partial charge in [0.15, 0.2) is 0 Å². The summed E-state index contributed by atoms with van der Waals surface area (Å²) in [5.74, 6) is -0.197. The number of rotatable bonds is 5. The van der Waals surface area contributed by atoms with Crippen molar-refractivity contribution in [2.24, 2.45) is 5.10 Å². The normalized spacial score (nSPS) is 11.3. The molecule has 1 aromatic carbocycles. The lowest BCUT2D eigenvalue weighted by Gasteiger charge is -2.06. The standard InChI is InChI=1S/C15H16ClN3OS/c1-10-3-5-12(6-4-10)17-9-15(20)19-18-11(2)13-7-8-14(16)21-13/h3-8,17H,9H2,1-2H3,(H,19,20)/b18-11-. The Hall–Kier alpha value is -1.85. The number of carbonyl (C=O) groups is 1. The molecule has 110 valence electrons. The smallest absolute Gasteiger partial charge is 0.259 e. The predicted octanol–water partition coefficient (Wildman–Crippen LogP) is 3.66. The molecule has 1 heterocycles. The Morgan fingerprint density at radius 2 is 1.95 bits per heavy atom. The van der Waals surface area contributed by atoms with Gasteiger partial charge < -0.3 is 5.32 Å². The quantitative estimate of drug-likeness (QED) is 0.652. The Bertz CT molecular complexity index is 649. The van der Waals surface area contributed by atoms with Gasteiger partial charge in [0.05, 0.1) is 21.5 Å². The average molecular weight is 322 g/mol. The highest BCUT2D eigenvalue weighted by atomic mass is 35.5. The van der Waals surface area contributed by atoms with E-state index < -0.39 is 0 Å². The fourth-order valence-electron chi connectivity index (χ4n) is 1.60. The Morgan fingerprint density at radius 1 is 1.24 bits per heavy atom. The second-order valence-electron chi connectivity index (χ2n) is 4.56. The van der Waals surface area contributed by atoms with Crippen LogP contribution in [-0.2, 0) is 4.79 Å². The molecule has 0 unspecified atom stereocenters. The van der Waals surface area contributed by atoms with Crippen molar-refractivity contribution in [3.05, 3.63) is 51.2 Å². The maximum Gasteiger partial charge on any atom is 0.259 e. The van der Waals surface area contributed by atoms with Gasteiger partial charge >= 0.3 is 0 Å². The van der Waals surface area contributed by atoms with Crippen molar-refractivity contribution in [2.45, 2.75) is 13.8 Å². The van der Waals surface area contributed by atoms with E-state index in [9.17, 15) is 4.79 Å². The molecule has 0 radical (unpaired) electrons. The van der Waals surface area contributed by atoms with Crippen LogP contribution in [0.3, 0.4) is 0 Å². The van der Waals surface area contributed by atoms with Gasteiger partial charge in [0.1, 0.15) is 0 Å². The van der Waals surface area contributed by atoms with E-state index in [1.165, 1.54) is 16.9 Å². The van der Waals surface area contributed by atoms with E-state index in [4.69, 9.17) is 11.6 Å². The van der Waals surface area contributed by atoms with E-state index >= 15 is 0 Å². The number of benzene rings is 1. The van der Waals surface area contributed by atoms with Gasteiger partial charge in [-0.2, -0.15) is 5.10 Å². The number of anilines is 1. The van der Waals surface area contributed by atoms with Gasteiger partial charge in [-0.15, -0.1) is 11.3 Å². The minimum atomic E-state index is -0.197. The molecule has 2 rings (SSSR count). The second-order valence-corrected chi connectivity index (χ2v) is 6.27. The molecule has 0 saturated carbocycles. The van der Waals surface area contributed by atoms with E-state index in [-0.39, 0.29) is 12.5 Å². The maximum absolute atomic E-state index is 11.7. The lowest BCUT2D eigenvalue weighted by atomic mass is 10.2.